The van der Waals surface area contributed by atoms with E-state index in [1.807, 2.05) is 41.5 Å². The number of aliphatic hydroxyl groups excluding tert-OH is 1. The molecule has 0 aromatic carbocycles. The Hall–Kier alpha value is -1.28. The lowest BCUT2D eigenvalue weighted by Crippen LogP contribution is -2.41. The van der Waals surface area contributed by atoms with Crippen molar-refractivity contribution >= 4 is 44.0 Å². The lowest BCUT2D eigenvalue weighted by Gasteiger charge is -2.32. The molecule has 8 nitrogen and oxygen atoms in total. The Balaban J connectivity index is 0.000000330. The molecule has 39 heavy (non-hydrogen) atoms. The molecule has 3 aliphatic heterocycles. The highest BCUT2D eigenvalue weighted by Gasteiger charge is 2.27. The van der Waals surface area contributed by atoms with E-state index in [1.165, 1.54) is 12.8 Å². The summed E-state index contributed by atoms with van der Waals surface area (Å²) >= 11 is 6.73. The van der Waals surface area contributed by atoms with Gasteiger partial charge in [-0.25, -0.2) is 9.59 Å². The molecule has 0 unspecified atom stereocenters. The molecule has 224 valence electrons. The first-order valence-electron chi connectivity index (χ1n) is 13.9. The Morgan fingerprint density at radius 3 is 1.64 bits per heavy atom. The number of allylic oxidation sites excluding steroid dienone is 1. The van der Waals surface area contributed by atoms with Crippen LogP contribution in [0.3, 0.4) is 0 Å². The summed E-state index contributed by atoms with van der Waals surface area (Å²) in [6.45, 7) is 16.1. The van der Waals surface area contributed by atoms with Crippen molar-refractivity contribution in [2.24, 2.45) is 11.8 Å². The second-order valence-corrected chi connectivity index (χ2v) is 14.6. The van der Waals surface area contributed by atoms with Crippen molar-refractivity contribution in [2.75, 3.05) is 46.0 Å². The van der Waals surface area contributed by atoms with Gasteiger partial charge in [-0.2, -0.15) is 0 Å². The molecular formula is C29H48Br2N2O6. The minimum absolute atomic E-state index is 0.0910. The van der Waals surface area contributed by atoms with Crippen molar-refractivity contribution in [2.45, 2.75) is 91.3 Å². The predicted molar refractivity (Wildman–Crippen MR) is 162 cm³/mol. The fourth-order valence-corrected chi connectivity index (χ4v) is 4.73. The third-order valence-corrected chi connectivity index (χ3v) is 6.44. The van der Waals surface area contributed by atoms with E-state index in [4.69, 9.17) is 19.3 Å². The zero-order valence-electron chi connectivity index (χ0n) is 24.6. The van der Waals surface area contributed by atoms with Crippen molar-refractivity contribution < 1.29 is 28.9 Å². The maximum Gasteiger partial charge on any atom is 0.410 e. The summed E-state index contributed by atoms with van der Waals surface area (Å²) in [5, 5.41) is 8.61. The van der Waals surface area contributed by atoms with E-state index < -0.39 is 11.2 Å². The summed E-state index contributed by atoms with van der Waals surface area (Å²) in [5.74, 6) is 6.49. The Morgan fingerprint density at radius 1 is 0.872 bits per heavy atom. The quantitative estimate of drug-likeness (QED) is 0.311. The van der Waals surface area contributed by atoms with Gasteiger partial charge in [-0.15, -0.1) is 0 Å². The van der Waals surface area contributed by atoms with Crippen LogP contribution >= 0.6 is 31.9 Å². The molecule has 0 saturated carbocycles. The van der Waals surface area contributed by atoms with Gasteiger partial charge in [0.25, 0.3) is 0 Å². The molecule has 0 aliphatic carbocycles. The van der Waals surface area contributed by atoms with E-state index in [0.717, 1.165) is 55.4 Å². The number of nitrogens with zero attached hydrogens (tertiary/aromatic N) is 2. The number of ether oxygens (including phenoxy) is 3. The average molecular weight is 681 g/mol. The Kier molecular flexibility index (Phi) is 16.7. The van der Waals surface area contributed by atoms with Crippen molar-refractivity contribution in [3.05, 3.63) is 9.47 Å². The number of rotatable bonds is 1. The molecule has 3 heterocycles. The number of likely N-dealkylation sites (tertiary alicyclic amines) is 2. The molecule has 0 radical (unpaired) electrons. The lowest BCUT2D eigenvalue weighted by molar-refractivity contribution is 0.0188. The summed E-state index contributed by atoms with van der Waals surface area (Å²) in [4.78, 5) is 27.1. The van der Waals surface area contributed by atoms with Gasteiger partial charge in [0.1, 0.15) is 17.8 Å². The molecule has 3 aliphatic rings. The minimum Gasteiger partial charge on any atom is -0.444 e. The zero-order chi connectivity index (χ0) is 29.5. The molecule has 3 fully saturated rings. The van der Waals surface area contributed by atoms with Crippen LogP contribution in [0.15, 0.2) is 9.47 Å². The van der Waals surface area contributed by atoms with E-state index >= 15 is 0 Å². The Morgan fingerprint density at radius 2 is 1.31 bits per heavy atom. The highest BCUT2D eigenvalue weighted by atomic mass is 79.9. The topological polar surface area (TPSA) is 88.5 Å². The third kappa shape index (κ3) is 17.9. The van der Waals surface area contributed by atoms with Crippen LogP contribution in [0.2, 0.25) is 0 Å². The van der Waals surface area contributed by atoms with Gasteiger partial charge < -0.3 is 29.1 Å². The maximum absolute atomic E-state index is 11.8. The van der Waals surface area contributed by atoms with Gasteiger partial charge in [-0.05, 0) is 118 Å². The van der Waals surface area contributed by atoms with Gasteiger partial charge in [0.15, 0.2) is 0 Å². The molecule has 3 rings (SSSR count). The molecule has 1 N–H and O–H groups in total. The molecule has 0 atom stereocenters. The number of amides is 2. The van der Waals surface area contributed by atoms with E-state index in [1.54, 1.807) is 9.80 Å². The van der Waals surface area contributed by atoms with Crippen molar-refractivity contribution in [1.29, 1.82) is 0 Å². The van der Waals surface area contributed by atoms with Gasteiger partial charge in [0.05, 0.1) is 3.39 Å². The molecular weight excluding hydrogens is 632 g/mol. The second-order valence-electron chi connectivity index (χ2n) is 11.8. The number of halogens is 2. The van der Waals surface area contributed by atoms with Crippen LogP contribution in [0, 0.1) is 23.7 Å². The van der Waals surface area contributed by atoms with Crippen LogP contribution in [0.25, 0.3) is 0 Å². The van der Waals surface area contributed by atoms with E-state index in [2.05, 4.69) is 49.8 Å². The van der Waals surface area contributed by atoms with Gasteiger partial charge >= 0.3 is 12.2 Å². The van der Waals surface area contributed by atoms with Crippen LogP contribution in [0.4, 0.5) is 9.59 Å². The third-order valence-electron chi connectivity index (χ3n) is 5.91. The summed E-state index contributed by atoms with van der Waals surface area (Å²) in [7, 11) is 0. The molecule has 2 amide bonds. The fourth-order valence-electron chi connectivity index (χ4n) is 3.99. The van der Waals surface area contributed by atoms with Crippen LogP contribution < -0.4 is 0 Å². The van der Waals surface area contributed by atoms with E-state index in [9.17, 15) is 9.59 Å². The van der Waals surface area contributed by atoms with Crippen molar-refractivity contribution in [3.63, 3.8) is 0 Å². The van der Waals surface area contributed by atoms with Gasteiger partial charge in [-0.1, -0.05) is 17.9 Å². The smallest absolute Gasteiger partial charge is 0.410 e. The zero-order valence-corrected chi connectivity index (χ0v) is 27.7. The van der Waals surface area contributed by atoms with Crippen LogP contribution in [-0.4, -0.2) is 84.3 Å². The number of hydrogen-bond donors (Lipinski definition) is 1. The summed E-state index contributed by atoms with van der Waals surface area (Å²) < 4.78 is 16.6. The van der Waals surface area contributed by atoms with Gasteiger partial charge in [0.2, 0.25) is 0 Å². The molecule has 10 heteroatoms. The van der Waals surface area contributed by atoms with Gasteiger partial charge in [-0.3, -0.25) is 0 Å². The van der Waals surface area contributed by atoms with Crippen LogP contribution in [-0.2, 0) is 14.2 Å². The van der Waals surface area contributed by atoms with Gasteiger partial charge in [0, 0.05) is 45.3 Å². The molecule has 0 bridgehead atoms. The SMILES string of the molecule is C1CCOC1.CC(C)(C)OC(=O)N1CCC(C#CCO)CC1.CC(C)(C)OC(=O)N1CCC(C=C(Br)Br)CC1. The van der Waals surface area contributed by atoms with Crippen molar-refractivity contribution in [1.82, 2.24) is 9.80 Å². The number of aliphatic hydroxyl groups is 1. The first kappa shape index (κ1) is 35.7. The standard InChI is InChI=1S/C13H21NO3.C12H19Br2NO2.C4H8O/c1-13(2,3)17-12(16)14-8-6-11(7-9-14)5-4-10-15;1-12(2,3)17-11(16)15-6-4-9(5-7-15)8-10(13)14;1-2-4-5-3-1/h11,15H,6-10H2,1-3H3;8-9H,4-7H2,1-3H3;1-4H2. The van der Waals surface area contributed by atoms with Crippen LogP contribution in [0.5, 0.6) is 0 Å². The number of carbonyl (C=O) groups excluding carboxylic acids is 2. The number of hydrogen-bond acceptors (Lipinski definition) is 6. The first-order valence-corrected chi connectivity index (χ1v) is 15.4. The highest BCUT2D eigenvalue weighted by molar-refractivity contribution is 9.28. The summed E-state index contributed by atoms with van der Waals surface area (Å²) in [6, 6.07) is 0. The molecule has 0 spiro atoms. The highest BCUT2D eigenvalue weighted by Crippen LogP contribution is 2.25. The predicted octanol–water partition coefficient (Wildman–Crippen LogP) is 6.69. The second kappa shape index (κ2) is 18.2. The number of piperidine rings is 2. The largest absolute Gasteiger partial charge is 0.444 e. The Bertz CT molecular complexity index is 810. The average Bonchev–Trinajstić information content (AvgIpc) is 3.42. The first-order chi connectivity index (χ1) is 18.2. The van der Waals surface area contributed by atoms with E-state index in [-0.39, 0.29) is 18.8 Å². The van der Waals surface area contributed by atoms with Crippen LogP contribution in [0.1, 0.15) is 80.1 Å². The molecule has 3 saturated heterocycles. The van der Waals surface area contributed by atoms with Crippen molar-refractivity contribution in [3.8, 4) is 11.8 Å². The number of carbonyl (C=O) groups is 2. The molecule has 0 aromatic heterocycles. The summed E-state index contributed by atoms with van der Waals surface area (Å²) in [6.07, 6.45) is 7.94. The summed E-state index contributed by atoms with van der Waals surface area (Å²) in [5.41, 5.74) is -0.850. The Labute approximate surface area is 252 Å². The van der Waals surface area contributed by atoms with E-state index in [0.29, 0.717) is 24.9 Å². The maximum atomic E-state index is 11.8. The normalized spacial score (nSPS) is 18.4. The minimum atomic E-state index is -0.440. The monoisotopic (exact) mass is 678 g/mol. The fraction of sp³-hybridized carbons (Fsp3) is 0.793. The molecule has 0 aromatic rings. The lowest BCUT2D eigenvalue weighted by atomic mass is 9.97.